The Bertz CT molecular complexity index is 997. The van der Waals surface area contributed by atoms with E-state index in [0.717, 1.165) is 28.2 Å². The van der Waals surface area contributed by atoms with E-state index in [1.165, 1.54) is 0 Å². The van der Waals surface area contributed by atoms with Gasteiger partial charge in [0.1, 0.15) is 5.82 Å². The number of hydrogen-bond acceptors (Lipinski definition) is 3. The molecule has 0 fully saturated rings. The van der Waals surface area contributed by atoms with Gasteiger partial charge in [-0.25, -0.2) is 4.68 Å². The topological polar surface area (TPSA) is 70.7 Å². The molecule has 128 valence electrons. The van der Waals surface area contributed by atoms with E-state index in [-0.39, 0.29) is 11.8 Å². The Kier molecular flexibility index (Phi) is 4.02. The lowest BCUT2D eigenvalue weighted by Gasteiger charge is -2.24. The maximum atomic E-state index is 12.3. The fourth-order valence-electron chi connectivity index (χ4n) is 3.56. The normalized spacial score (nSPS) is 15.8. The van der Waals surface area contributed by atoms with Gasteiger partial charge in [-0.05, 0) is 30.2 Å². The van der Waals surface area contributed by atoms with Crippen molar-refractivity contribution in [3.05, 3.63) is 82.5 Å². The Balaban J connectivity index is 1.75. The zero-order chi connectivity index (χ0) is 18.1. The summed E-state index contributed by atoms with van der Waals surface area (Å²) in [5, 5.41) is 16.7. The van der Waals surface area contributed by atoms with Crippen LogP contribution in [0.15, 0.2) is 54.6 Å². The molecule has 1 aliphatic rings. The van der Waals surface area contributed by atoms with Crippen molar-refractivity contribution in [2.24, 2.45) is 0 Å². The highest BCUT2D eigenvalue weighted by Gasteiger charge is 2.32. The Labute approximate surface area is 151 Å². The van der Waals surface area contributed by atoms with Crippen LogP contribution in [-0.2, 0) is 11.3 Å². The Hall–Kier alpha value is -3.39. The molecule has 1 unspecified atom stereocenters. The van der Waals surface area contributed by atoms with E-state index in [1.54, 1.807) is 12.1 Å². The van der Waals surface area contributed by atoms with Crippen LogP contribution in [0.4, 0.5) is 5.82 Å². The number of amides is 1. The molecule has 26 heavy (non-hydrogen) atoms. The summed E-state index contributed by atoms with van der Waals surface area (Å²) >= 11 is 0. The second-order valence-electron chi connectivity index (χ2n) is 6.53. The van der Waals surface area contributed by atoms with Crippen molar-refractivity contribution in [3.8, 4) is 6.07 Å². The van der Waals surface area contributed by atoms with Crippen LogP contribution in [0.5, 0.6) is 0 Å². The van der Waals surface area contributed by atoms with Gasteiger partial charge in [0.05, 0.1) is 23.9 Å². The van der Waals surface area contributed by atoms with Gasteiger partial charge in [-0.15, -0.1) is 0 Å². The van der Waals surface area contributed by atoms with Crippen molar-refractivity contribution in [3.63, 3.8) is 0 Å². The van der Waals surface area contributed by atoms with E-state index in [0.29, 0.717) is 18.5 Å². The SMILES string of the molecule is Cc1nn(Cc2ccccc2)c2c1C(c1ccc(C#N)cc1)CC(=O)N2. The first-order valence-electron chi connectivity index (χ1n) is 8.57. The lowest BCUT2D eigenvalue weighted by Crippen LogP contribution is -2.25. The highest BCUT2D eigenvalue weighted by molar-refractivity contribution is 5.94. The molecule has 3 aromatic rings. The fraction of sp³-hybridized carbons (Fsp3) is 0.190. The molecule has 0 saturated heterocycles. The lowest BCUT2D eigenvalue weighted by molar-refractivity contribution is -0.116. The van der Waals surface area contributed by atoms with Crippen LogP contribution in [0.25, 0.3) is 0 Å². The largest absolute Gasteiger partial charge is 0.311 e. The van der Waals surface area contributed by atoms with Gasteiger partial charge in [0, 0.05) is 17.9 Å². The average Bonchev–Trinajstić information content (AvgIpc) is 2.97. The van der Waals surface area contributed by atoms with Crippen molar-refractivity contribution < 1.29 is 4.79 Å². The predicted octanol–water partition coefficient (Wildman–Crippen LogP) is 3.59. The Morgan fingerprint density at radius 3 is 2.62 bits per heavy atom. The second kappa shape index (κ2) is 6.49. The minimum Gasteiger partial charge on any atom is -0.311 e. The minimum atomic E-state index is -0.0454. The number of fused-ring (bicyclic) bond motifs is 1. The third-order valence-corrected chi connectivity index (χ3v) is 4.79. The summed E-state index contributed by atoms with van der Waals surface area (Å²) in [6, 6.07) is 19.7. The van der Waals surface area contributed by atoms with Gasteiger partial charge < -0.3 is 5.32 Å². The molecule has 2 aromatic carbocycles. The molecule has 5 heteroatoms. The number of rotatable bonds is 3. The van der Waals surface area contributed by atoms with Crippen molar-refractivity contribution in [2.45, 2.75) is 25.8 Å². The first-order valence-corrected chi connectivity index (χ1v) is 8.57. The van der Waals surface area contributed by atoms with Crippen LogP contribution in [0.1, 0.15) is 40.3 Å². The lowest BCUT2D eigenvalue weighted by atomic mass is 9.85. The zero-order valence-corrected chi connectivity index (χ0v) is 14.4. The Morgan fingerprint density at radius 1 is 1.19 bits per heavy atom. The molecular weight excluding hydrogens is 324 g/mol. The van der Waals surface area contributed by atoms with Gasteiger partial charge in [0.25, 0.3) is 0 Å². The van der Waals surface area contributed by atoms with Crippen LogP contribution in [-0.4, -0.2) is 15.7 Å². The molecule has 0 saturated carbocycles. The second-order valence-corrected chi connectivity index (χ2v) is 6.53. The molecule has 4 rings (SSSR count). The summed E-state index contributed by atoms with van der Waals surface area (Å²) in [5.74, 6) is 0.717. The highest BCUT2D eigenvalue weighted by atomic mass is 16.1. The van der Waals surface area contributed by atoms with Gasteiger partial charge in [0.15, 0.2) is 0 Å². The van der Waals surface area contributed by atoms with Crippen LogP contribution < -0.4 is 5.32 Å². The number of nitrogens with zero attached hydrogens (tertiary/aromatic N) is 3. The summed E-state index contributed by atoms with van der Waals surface area (Å²) in [4.78, 5) is 12.3. The highest BCUT2D eigenvalue weighted by Crippen LogP contribution is 2.39. The average molecular weight is 342 g/mol. The van der Waals surface area contributed by atoms with Gasteiger partial charge in [-0.2, -0.15) is 10.4 Å². The first kappa shape index (κ1) is 16.1. The van der Waals surface area contributed by atoms with Gasteiger partial charge in [-0.3, -0.25) is 4.79 Å². The maximum absolute atomic E-state index is 12.3. The minimum absolute atomic E-state index is 0.0129. The molecule has 0 aliphatic carbocycles. The monoisotopic (exact) mass is 342 g/mol. The van der Waals surface area contributed by atoms with Crippen LogP contribution in [0, 0.1) is 18.3 Å². The van der Waals surface area contributed by atoms with Crippen molar-refractivity contribution >= 4 is 11.7 Å². The van der Waals surface area contributed by atoms with Crippen molar-refractivity contribution in [2.75, 3.05) is 5.32 Å². The van der Waals surface area contributed by atoms with E-state index >= 15 is 0 Å². The standard InChI is InChI=1S/C21H18N4O/c1-14-20-18(17-9-7-15(12-22)8-10-17)11-19(26)23-21(20)25(24-14)13-16-5-3-2-4-6-16/h2-10,18H,11,13H2,1H3,(H,23,26). The molecule has 1 N–H and O–H groups in total. The fourth-order valence-corrected chi connectivity index (χ4v) is 3.56. The smallest absolute Gasteiger partial charge is 0.226 e. The summed E-state index contributed by atoms with van der Waals surface area (Å²) in [5.41, 5.74) is 4.76. The number of carbonyl (C=O) groups is 1. The molecule has 0 spiro atoms. The first-order chi connectivity index (χ1) is 12.7. The summed E-state index contributed by atoms with van der Waals surface area (Å²) in [7, 11) is 0. The number of nitrogens with one attached hydrogen (secondary N) is 1. The van der Waals surface area contributed by atoms with E-state index in [2.05, 4.69) is 16.5 Å². The van der Waals surface area contributed by atoms with Crippen molar-refractivity contribution in [1.29, 1.82) is 5.26 Å². The maximum Gasteiger partial charge on any atom is 0.226 e. The molecule has 1 aliphatic heterocycles. The third kappa shape index (κ3) is 2.86. The number of benzene rings is 2. The van der Waals surface area contributed by atoms with Gasteiger partial charge in [-0.1, -0.05) is 42.5 Å². The summed E-state index contributed by atoms with van der Waals surface area (Å²) in [6.45, 7) is 2.59. The molecule has 0 bridgehead atoms. The predicted molar refractivity (Wildman–Crippen MR) is 98.8 cm³/mol. The molecule has 1 amide bonds. The van der Waals surface area contributed by atoms with E-state index in [9.17, 15) is 4.79 Å². The number of nitriles is 1. The number of carbonyl (C=O) groups excluding carboxylic acids is 1. The summed E-state index contributed by atoms with van der Waals surface area (Å²) < 4.78 is 1.87. The number of hydrogen-bond donors (Lipinski definition) is 1. The molecule has 5 nitrogen and oxygen atoms in total. The van der Waals surface area contributed by atoms with Crippen molar-refractivity contribution in [1.82, 2.24) is 9.78 Å². The summed E-state index contributed by atoms with van der Waals surface area (Å²) in [6.07, 6.45) is 0.386. The number of aryl methyl sites for hydroxylation is 1. The molecule has 1 atom stereocenters. The number of anilines is 1. The molecule has 2 heterocycles. The Morgan fingerprint density at radius 2 is 1.92 bits per heavy atom. The third-order valence-electron chi connectivity index (χ3n) is 4.79. The van der Waals surface area contributed by atoms with E-state index in [4.69, 9.17) is 5.26 Å². The van der Waals surface area contributed by atoms with E-state index < -0.39 is 0 Å². The van der Waals surface area contributed by atoms with Crippen LogP contribution >= 0.6 is 0 Å². The van der Waals surface area contributed by atoms with Crippen LogP contribution in [0.3, 0.4) is 0 Å². The quantitative estimate of drug-likeness (QED) is 0.791. The van der Waals surface area contributed by atoms with E-state index in [1.807, 2.05) is 54.1 Å². The van der Waals surface area contributed by atoms with Crippen LogP contribution in [0.2, 0.25) is 0 Å². The zero-order valence-electron chi connectivity index (χ0n) is 14.4. The number of aromatic nitrogens is 2. The molecule has 0 radical (unpaired) electrons. The van der Waals surface area contributed by atoms with Gasteiger partial charge >= 0.3 is 0 Å². The molecular formula is C21H18N4O. The van der Waals surface area contributed by atoms with Gasteiger partial charge in [0.2, 0.25) is 5.91 Å². The molecule has 1 aromatic heterocycles.